The first-order valence-corrected chi connectivity index (χ1v) is 8.19. The Hall–Kier alpha value is -0.900. The van der Waals surface area contributed by atoms with Gasteiger partial charge in [-0.3, -0.25) is 4.98 Å². The van der Waals surface area contributed by atoms with Crippen LogP contribution in [0.2, 0.25) is 0 Å². The smallest absolute Gasteiger partial charge is 0.0487 e. The molecule has 0 aliphatic carbocycles. The molecule has 0 saturated heterocycles. The van der Waals surface area contributed by atoms with Gasteiger partial charge in [-0.05, 0) is 34.3 Å². The first kappa shape index (κ1) is 14.5. The Kier molecular flexibility index (Phi) is 5.83. The van der Waals surface area contributed by atoms with Crippen LogP contribution in [0.1, 0.15) is 31.9 Å². The van der Waals surface area contributed by atoms with E-state index < -0.39 is 0 Å². The van der Waals surface area contributed by atoms with Crippen LogP contribution in [0.3, 0.4) is 0 Å². The number of halogens is 1. The molecule has 0 amide bonds. The maximum absolute atomic E-state index is 4.60. The van der Waals surface area contributed by atoms with Crippen molar-refractivity contribution < 1.29 is 0 Å². The van der Waals surface area contributed by atoms with E-state index in [9.17, 15) is 0 Å². The highest BCUT2D eigenvalue weighted by Crippen LogP contribution is 2.22. The number of pyridine rings is 1. The van der Waals surface area contributed by atoms with Gasteiger partial charge < -0.3 is 0 Å². The van der Waals surface area contributed by atoms with Crippen molar-refractivity contribution in [2.24, 2.45) is 5.92 Å². The van der Waals surface area contributed by atoms with Crippen molar-refractivity contribution in [3.8, 4) is 0 Å². The number of benzene rings is 1. The highest BCUT2D eigenvalue weighted by Gasteiger charge is 2.09. The third-order valence-electron chi connectivity index (χ3n) is 3.49. The molecule has 2 rings (SSSR count). The molecule has 1 nitrogen and oxygen atoms in total. The van der Waals surface area contributed by atoms with Crippen molar-refractivity contribution in [3.63, 3.8) is 0 Å². The van der Waals surface area contributed by atoms with Crippen molar-refractivity contribution in [3.05, 3.63) is 52.4 Å². The van der Waals surface area contributed by atoms with Gasteiger partial charge in [0.1, 0.15) is 0 Å². The second kappa shape index (κ2) is 7.63. The molecule has 0 aliphatic heterocycles. The number of nitrogens with zero attached hydrogens (tertiary/aromatic N) is 1. The summed E-state index contributed by atoms with van der Waals surface area (Å²) in [7, 11) is 0. The number of hydrogen-bond acceptors (Lipinski definition) is 1. The fourth-order valence-corrected chi connectivity index (χ4v) is 3.02. The molecule has 100 valence electrons. The Morgan fingerprint density at radius 3 is 2.89 bits per heavy atom. The molecule has 2 aromatic rings. The predicted octanol–water partition coefficient (Wildman–Crippen LogP) is 5.53. The highest BCUT2D eigenvalue weighted by atomic mass is 127. The van der Waals surface area contributed by atoms with Crippen LogP contribution in [0.15, 0.2) is 46.7 Å². The van der Waals surface area contributed by atoms with Crippen molar-refractivity contribution in [1.29, 1.82) is 0 Å². The van der Waals surface area contributed by atoms with Crippen LogP contribution in [0.4, 0.5) is 0 Å². The molecule has 0 bridgehead atoms. The van der Waals surface area contributed by atoms with E-state index in [4.69, 9.17) is 0 Å². The fourth-order valence-electron chi connectivity index (χ4n) is 2.43. The van der Waals surface area contributed by atoms with Crippen LogP contribution in [-0.4, -0.2) is 4.98 Å². The SMILES string of the molecule is CCCCC(C=CI)Cc1nccc2ccccc12. The molecular formula is C17H20IN. The summed E-state index contributed by atoms with van der Waals surface area (Å²) in [4.78, 5) is 4.60. The van der Waals surface area contributed by atoms with Gasteiger partial charge in [-0.25, -0.2) is 0 Å². The minimum atomic E-state index is 0.607. The zero-order chi connectivity index (χ0) is 13.5. The van der Waals surface area contributed by atoms with Gasteiger partial charge in [0.15, 0.2) is 0 Å². The summed E-state index contributed by atoms with van der Waals surface area (Å²) in [5, 5.41) is 2.59. The molecule has 0 spiro atoms. The summed E-state index contributed by atoms with van der Waals surface area (Å²) < 4.78 is 2.14. The van der Waals surface area contributed by atoms with Gasteiger partial charge in [-0.2, -0.15) is 0 Å². The van der Waals surface area contributed by atoms with Crippen molar-refractivity contribution in [2.75, 3.05) is 0 Å². The van der Waals surface area contributed by atoms with Crippen molar-refractivity contribution in [2.45, 2.75) is 32.6 Å². The van der Waals surface area contributed by atoms with Crippen LogP contribution in [0, 0.1) is 5.92 Å². The first-order chi connectivity index (χ1) is 9.35. The van der Waals surface area contributed by atoms with E-state index in [2.05, 4.69) is 75.0 Å². The minimum Gasteiger partial charge on any atom is -0.261 e. The second-order valence-electron chi connectivity index (χ2n) is 4.90. The number of allylic oxidation sites excluding steroid dienone is 1. The molecule has 0 radical (unpaired) electrons. The summed E-state index contributed by atoms with van der Waals surface area (Å²) in [6.07, 6.45) is 9.09. The van der Waals surface area contributed by atoms with Gasteiger partial charge in [-0.1, -0.05) is 72.7 Å². The number of aromatic nitrogens is 1. The molecule has 1 aromatic carbocycles. The van der Waals surface area contributed by atoms with Gasteiger partial charge in [-0.15, -0.1) is 0 Å². The summed E-state index contributed by atoms with van der Waals surface area (Å²) in [6.45, 7) is 2.25. The van der Waals surface area contributed by atoms with E-state index in [1.807, 2.05) is 6.20 Å². The minimum absolute atomic E-state index is 0.607. The third kappa shape index (κ3) is 4.03. The lowest BCUT2D eigenvalue weighted by atomic mass is 9.94. The van der Waals surface area contributed by atoms with Gasteiger partial charge in [0, 0.05) is 17.3 Å². The maximum atomic E-state index is 4.60. The predicted molar refractivity (Wildman–Crippen MR) is 91.6 cm³/mol. The van der Waals surface area contributed by atoms with Gasteiger partial charge in [0.2, 0.25) is 0 Å². The maximum Gasteiger partial charge on any atom is 0.0487 e. The molecule has 0 saturated carbocycles. The quantitative estimate of drug-likeness (QED) is 0.613. The topological polar surface area (TPSA) is 12.9 Å². The van der Waals surface area contributed by atoms with Gasteiger partial charge in [0.05, 0.1) is 0 Å². The van der Waals surface area contributed by atoms with Crippen LogP contribution in [0.25, 0.3) is 10.8 Å². The Balaban J connectivity index is 2.23. The fraction of sp³-hybridized carbons (Fsp3) is 0.353. The molecule has 2 heteroatoms. The van der Waals surface area contributed by atoms with Crippen LogP contribution in [-0.2, 0) is 6.42 Å². The van der Waals surface area contributed by atoms with E-state index in [0.717, 1.165) is 6.42 Å². The standard InChI is InChI=1S/C17H20IN/c1-2-3-6-14(9-11-18)13-17-16-8-5-4-7-15(16)10-12-19-17/h4-5,7-12,14H,2-3,6,13H2,1H3. The Morgan fingerprint density at radius 1 is 1.26 bits per heavy atom. The van der Waals surface area contributed by atoms with Gasteiger partial charge >= 0.3 is 0 Å². The molecule has 1 aromatic heterocycles. The summed E-state index contributed by atoms with van der Waals surface area (Å²) >= 11 is 2.31. The monoisotopic (exact) mass is 365 g/mol. The summed E-state index contributed by atoms with van der Waals surface area (Å²) in [5.41, 5.74) is 1.23. The average Bonchev–Trinajstić information content (AvgIpc) is 2.45. The lowest BCUT2D eigenvalue weighted by Gasteiger charge is -2.13. The average molecular weight is 365 g/mol. The molecule has 19 heavy (non-hydrogen) atoms. The molecule has 0 aliphatic rings. The number of rotatable bonds is 6. The number of hydrogen-bond donors (Lipinski definition) is 0. The summed E-state index contributed by atoms with van der Waals surface area (Å²) in [5.74, 6) is 0.607. The Bertz CT molecular complexity index is 542. The first-order valence-electron chi connectivity index (χ1n) is 6.94. The van der Waals surface area contributed by atoms with E-state index in [-0.39, 0.29) is 0 Å². The zero-order valence-corrected chi connectivity index (χ0v) is 13.5. The molecular weight excluding hydrogens is 345 g/mol. The highest BCUT2D eigenvalue weighted by molar-refractivity contribution is 14.1. The summed E-state index contributed by atoms with van der Waals surface area (Å²) in [6, 6.07) is 10.6. The largest absolute Gasteiger partial charge is 0.261 e. The molecule has 0 fully saturated rings. The Morgan fingerprint density at radius 2 is 2.11 bits per heavy atom. The van der Waals surface area contributed by atoms with Crippen molar-refractivity contribution >= 4 is 33.4 Å². The third-order valence-corrected chi connectivity index (χ3v) is 3.90. The Labute approximate surface area is 129 Å². The number of fused-ring (bicyclic) bond motifs is 1. The van der Waals surface area contributed by atoms with Crippen LogP contribution < -0.4 is 0 Å². The lowest BCUT2D eigenvalue weighted by Crippen LogP contribution is -2.03. The van der Waals surface area contributed by atoms with Crippen LogP contribution in [0.5, 0.6) is 0 Å². The van der Waals surface area contributed by atoms with Crippen molar-refractivity contribution in [1.82, 2.24) is 4.98 Å². The van der Waals surface area contributed by atoms with Gasteiger partial charge in [0.25, 0.3) is 0 Å². The molecule has 1 atom stereocenters. The van der Waals surface area contributed by atoms with E-state index >= 15 is 0 Å². The lowest BCUT2D eigenvalue weighted by molar-refractivity contribution is 0.549. The molecule has 1 heterocycles. The normalized spacial score (nSPS) is 13.2. The van der Waals surface area contributed by atoms with E-state index in [1.165, 1.54) is 35.7 Å². The number of unbranched alkanes of at least 4 members (excludes halogenated alkanes) is 1. The zero-order valence-electron chi connectivity index (χ0n) is 11.3. The molecule has 0 N–H and O–H groups in total. The molecule has 1 unspecified atom stereocenters. The van der Waals surface area contributed by atoms with Crippen LogP contribution >= 0.6 is 22.6 Å². The second-order valence-corrected chi connectivity index (χ2v) is 5.62. The van der Waals surface area contributed by atoms with E-state index in [0.29, 0.717) is 5.92 Å². The van der Waals surface area contributed by atoms with E-state index in [1.54, 1.807) is 0 Å².